The molecule has 0 aliphatic heterocycles. The molecule has 5 heteroatoms. The summed E-state index contributed by atoms with van der Waals surface area (Å²) in [6, 6.07) is 4.96. The van der Waals surface area contributed by atoms with Crippen LogP contribution in [0, 0.1) is 11.6 Å². The summed E-state index contributed by atoms with van der Waals surface area (Å²) in [5.41, 5.74) is 1.00. The van der Waals surface area contributed by atoms with E-state index in [0.29, 0.717) is 0 Å². The van der Waals surface area contributed by atoms with Crippen molar-refractivity contribution >= 4 is 39.1 Å². The number of carbonyl (C=O) groups excluding carboxylic acids is 1. The van der Waals surface area contributed by atoms with Crippen LogP contribution in [0.5, 0.6) is 0 Å². The van der Waals surface area contributed by atoms with Crippen molar-refractivity contribution in [3.63, 3.8) is 0 Å². The van der Waals surface area contributed by atoms with Crippen LogP contribution < -0.4 is 0 Å². The summed E-state index contributed by atoms with van der Waals surface area (Å²) >= 11 is 4.81. The van der Waals surface area contributed by atoms with Crippen LogP contribution in [-0.4, -0.2) is 5.78 Å². The van der Waals surface area contributed by atoms with Gasteiger partial charge in [0.2, 0.25) is 0 Å². The summed E-state index contributed by atoms with van der Waals surface area (Å²) in [7, 11) is 0. The quantitative estimate of drug-likeness (QED) is 0.590. The SMILES string of the molecule is O=C(/C=C/c1csc(Br)c1)c1ccc(F)c(F)c1. The fourth-order valence-corrected chi connectivity index (χ4v) is 2.47. The summed E-state index contributed by atoms with van der Waals surface area (Å²) in [4.78, 5) is 11.7. The predicted octanol–water partition coefficient (Wildman–Crippen LogP) is 4.68. The molecule has 0 spiro atoms. The van der Waals surface area contributed by atoms with Crippen LogP contribution in [0.4, 0.5) is 8.78 Å². The third kappa shape index (κ3) is 3.11. The van der Waals surface area contributed by atoms with Gasteiger partial charge in [-0.15, -0.1) is 11.3 Å². The lowest BCUT2D eigenvalue weighted by Gasteiger charge is -1.96. The Kier molecular flexibility index (Phi) is 4.04. The van der Waals surface area contributed by atoms with E-state index in [4.69, 9.17) is 0 Å². The third-order valence-electron chi connectivity index (χ3n) is 2.22. The molecule has 2 aromatic rings. The molecule has 1 nitrogen and oxygen atoms in total. The van der Waals surface area contributed by atoms with Gasteiger partial charge in [-0.3, -0.25) is 4.79 Å². The summed E-state index contributed by atoms with van der Waals surface area (Å²) in [5.74, 6) is -2.35. The second-order valence-electron chi connectivity index (χ2n) is 3.51. The number of ketones is 1. The predicted molar refractivity (Wildman–Crippen MR) is 71.7 cm³/mol. The highest BCUT2D eigenvalue weighted by Crippen LogP contribution is 2.21. The van der Waals surface area contributed by atoms with Gasteiger partial charge in [0.25, 0.3) is 0 Å². The second-order valence-corrected chi connectivity index (χ2v) is 5.80. The van der Waals surface area contributed by atoms with Crippen molar-refractivity contribution in [2.24, 2.45) is 0 Å². The maximum Gasteiger partial charge on any atom is 0.185 e. The number of thiophene rings is 1. The van der Waals surface area contributed by atoms with Gasteiger partial charge in [-0.05, 0) is 57.2 Å². The largest absolute Gasteiger partial charge is 0.289 e. The maximum absolute atomic E-state index is 13.0. The van der Waals surface area contributed by atoms with Crippen molar-refractivity contribution in [1.82, 2.24) is 0 Å². The zero-order valence-electron chi connectivity index (χ0n) is 8.99. The highest BCUT2D eigenvalue weighted by atomic mass is 79.9. The Morgan fingerprint density at radius 2 is 2.00 bits per heavy atom. The molecule has 0 fully saturated rings. The van der Waals surface area contributed by atoms with Crippen molar-refractivity contribution < 1.29 is 13.6 Å². The molecule has 0 unspecified atom stereocenters. The summed E-state index contributed by atoms with van der Waals surface area (Å²) in [6.07, 6.45) is 2.96. The molecule has 1 heterocycles. The molecule has 0 radical (unpaired) electrons. The fourth-order valence-electron chi connectivity index (χ4n) is 1.33. The Morgan fingerprint density at radius 1 is 1.22 bits per heavy atom. The van der Waals surface area contributed by atoms with Crippen LogP contribution in [-0.2, 0) is 0 Å². The van der Waals surface area contributed by atoms with Gasteiger partial charge < -0.3 is 0 Å². The molecule has 0 saturated heterocycles. The van der Waals surface area contributed by atoms with Crippen molar-refractivity contribution in [3.05, 3.63) is 62.3 Å². The third-order valence-corrected chi connectivity index (χ3v) is 3.74. The van der Waals surface area contributed by atoms with Gasteiger partial charge in [0.1, 0.15) is 0 Å². The molecular weight excluding hydrogens is 322 g/mol. The van der Waals surface area contributed by atoms with Gasteiger partial charge >= 0.3 is 0 Å². The van der Waals surface area contributed by atoms with Crippen molar-refractivity contribution in [1.29, 1.82) is 0 Å². The van der Waals surface area contributed by atoms with Gasteiger partial charge in [-0.2, -0.15) is 0 Å². The van der Waals surface area contributed by atoms with E-state index < -0.39 is 11.6 Å². The van der Waals surface area contributed by atoms with Crippen LogP contribution in [0.2, 0.25) is 0 Å². The number of carbonyl (C=O) groups is 1. The van der Waals surface area contributed by atoms with Gasteiger partial charge in [0.15, 0.2) is 17.4 Å². The van der Waals surface area contributed by atoms with Gasteiger partial charge in [-0.1, -0.05) is 6.08 Å². The van der Waals surface area contributed by atoms with E-state index in [1.54, 1.807) is 6.08 Å². The lowest BCUT2D eigenvalue weighted by molar-refractivity contribution is 0.104. The number of benzene rings is 1. The van der Waals surface area contributed by atoms with Gasteiger partial charge in [0, 0.05) is 5.56 Å². The molecule has 0 bridgehead atoms. The van der Waals surface area contributed by atoms with E-state index in [9.17, 15) is 13.6 Å². The number of hydrogen-bond donors (Lipinski definition) is 0. The zero-order chi connectivity index (χ0) is 13.1. The maximum atomic E-state index is 13.0. The van der Waals surface area contributed by atoms with E-state index >= 15 is 0 Å². The van der Waals surface area contributed by atoms with Crippen LogP contribution in [0.15, 0.2) is 39.5 Å². The molecule has 0 N–H and O–H groups in total. The minimum absolute atomic E-state index is 0.124. The average Bonchev–Trinajstić information content (AvgIpc) is 2.75. The molecule has 0 aliphatic carbocycles. The first-order valence-electron chi connectivity index (χ1n) is 4.98. The van der Waals surface area contributed by atoms with Crippen molar-refractivity contribution in [3.8, 4) is 0 Å². The number of halogens is 3. The minimum atomic E-state index is -1.02. The van der Waals surface area contributed by atoms with E-state index in [1.807, 2.05) is 11.4 Å². The van der Waals surface area contributed by atoms with E-state index in [2.05, 4.69) is 15.9 Å². The number of allylic oxidation sites excluding steroid dienone is 1. The van der Waals surface area contributed by atoms with Crippen molar-refractivity contribution in [2.75, 3.05) is 0 Å². The molecule has 1 aromatic carbocycles. The molecule has 0 amide bonds. The Bertz CT molecular complexity index is 619. The van der Waals surface area contributed by atoms with E-state index in [-0.39, 0.29) is 11.3 Å². The summed E-state index contributed by atoms with van der Waals surface area (Å²) in [6.45, 7) is 0. The molecule has 18 heavy (non-hydrogen) atoms. The van der Waals surface area contributed by atoms with E-state index in [0.717, 1.165) is 21.5 Å². The second kappa shape index (κ2) is 5.54. The summed E-state index contributed by atoms with van der Waals surface area (Å²) < 4.78 is 26.6. The highest BCUT2D eigenvalue weighted by molar-refractivity contribution is 9.11. The lowest BCUT2D eigenvalue weighted by atomic mass is 10.1. The van der Waals surface area contributed by atoms with E-state index in [1.165, 1.54) is 23.5 Å². The van der Waals surface area contributed by atoms with Crippen LogP contribution in [0.1, 0.15) is 15.9 Å². The number of rotatable bonds is 3. The lowest BCUT2D eigenvalue weighted by Crippen LogP contribution is -1.96. The first kappa shape index (κ1) is 13.1. The molecular formula is C13H7BrF2OS. The van der Waals surface area contributed by atoms with Crippen LogP contribution in [0.3, 0.4) is 0 Å². The first-order chi connectivity index (χ1) is 8.56. The Balaban J connectivity index is 2.16. The topological polar surface area (TPSA) is 17.1 Å². The number of hydrogen-bond acceptors (Lipinski definition) is 2. The van der Waals surface area contributed by atoms with Gasteiger partial charge in [0.05, 0.1) is 3.79 Å². The Hall–Kier alpha value is -1.33. The molecule has 0 aliphatic rings. The highest BCUT2D eigenvalue weighted by Gasteiger charge is 2.07. The monoisotopic (exact) mass is 328 g/mol. The summed E-state index contributed by atoms with van der Waals surface area (Å²) in [5, 5.41) is 1.87. The molecule has 1 aromatic heterocycles. The molecule has 92 valence electrons. The van der Waals surface area contributed by atoms with Crippen molar-refractivity contribution in [2.45, 2.75) is 0 Å². The average molecular weight is 329 g/mol. The first-order valence-corrected chi connectivity index (χ1v) is 6.65. The Morgan fingerprint density at radius 3 is 2.61 bits per heavy atom. The minimum Gasteiger partial charge on any atom is -0.289 e. The normalized spacial score (nSPS) is 11.1. The fraction of sp³-hybridized carbons (Fsp3) is 0. The standard InChI is InChI=1S/C13H7BrF2OS/c14-13-5-8(7-18-13)1-4-12(17)9-2-3-10(15)11(16)6-9/h1-7H/b4-1+. The van der Waals surface area contributed by atoms with Crippen LogP contribution >= 0.6 is 27.3 Å². The van der Waals surface area contributed by atoms with Gasteiger partial charge in [-0.25, -0.2) is 8.78 Å². The van der Waals surface area contributed by atoms with Crippen LogP contribution in [0.25, 0.3) is 6.08 Å². The zero-order valence-corrected chi connectivity index (χ0v) is 11.4. The smallest absolute Gasteiger partial charge is 0.185 e. The molecule has 0 atom stereocenters. The molecule has 0 saturated carbocycles. The molecule has 2 rings (SSSR count). The Labute approximate surface area is 115 Å².